The Bertz CT molecular complexity index is 857. The molecule has 8 heteroatoms. The summed E-state index contributed by atoms with van der Waals surface area (Å²) in [5.41, 5.74) is -1.60. The summed E-state index contributed by atoms with van der Waals surface area (Å²) in [6.07, 6.45) is -4.64. The minimum atomic E-state index is -4.64. The molecule has 0 aliphatic carbocycles. The molecule has 1 amide bonds. The van der Waals surface area contributed by atoms with Gasteiger partial charge in [0.2, 0.25) is 0 Å². The normalized spacial score (nSPS) is 11.8. The van der Waals surface area contributed by atoms with E-state index in [-0.39, 0.29) is 35.7 Å². The Hall–Kier alpha value is -2.51. The number of hydrogen-bond acceptors (Lipinski definition) is 3. The van der Waals surface area contributed by atoms with Gasteiger partial charge in [-0.15, -0.1) is 0 Å². The third-order valence-electron chi connectivity index (χ3n) is 3.78. The van der Waals surface area contributed by atoms with Crippen LogP contribution in [-0.4, -0.2) is 23.6 Å². The number of amides is 1. The third kappa shape index (κ3) is 4.56. The second-order valence-electron chi connectivity index (χ2n) is 6.30. The van der Waals surface area contributed by atoms with Crippen molar-refractivity contribution in [3.8, 4) is 5.75 Å². The van der Waals surface area contributed by atoms with E-state index in [9.17, 15) is 22.8 Å². The van der Waals surface area contributed by atoms with Crippen molar-refractivity contribution in [2.24, 2.45) is 5.92 Å². The Morgan fingerprint density at radius 3 is 2.54 bits per heavy atom. The van der Waals surface area contributed by atoms with Crippen LogP contribution in [0.3, 0.4) is 0 Å². The van der Waals surface area contributed by atoms with E-state index in [4.69, 9.17) is 4.74 Å². The highest BCUT2D eigenvalue weighted by molar-refractivity contribution is 5.84. The summed E-state index contributed by atoms with van der Waals surface area (Å²) in [6, 6.07) is 4.57. The second-order valence-corrected chi connectivity index (χ2v) is 6.30. The van der Waals surface area contributed by atoms with Gasteiger partial charge in [0.25, 0.3) is 11.5 Å². The Balaban J connectivity index is 2.35. The highest BCUT2D eigenvalue weighted by atomic mass is 19.4. The summed E-state index contributed by atoms with van der Waals surface area (Å²) < 4.78 is 46.2. The lowest BCUT2D eigenvalue weighted by Gasteiger charge is -2.15. The van der Waals surface area contributed by atoms with Gasteiger partial charge in [0.1, 0.15) is 5.75 Å². The monoisotopic (exact) mass is 370 g/mol. The second kappa shape index (κ2) is 7.80. The predicted molar refractivity (Wildman–Crippen MR) is 92.2 cm³/mol. The first-order valence-electron chi connectivity index (χ1n) is 8.27. The zero-order valence-electron chi connectivity index (χ0n) is 14.8. The van der Waals surface area contributed by atoms with Gasteiger partial charge in [0.05, 0.1) is 11.1 Å². The van der Waals surface area contributed by atoms with Gasteiger partial charge in [-0.25, -0.2) is 0 Å². The molecule has 0 atom stereocenters. The summed E-state index contributed by atoms with van der Waals surface area (Å²) in [5.74, 6) is 0.188. The summed E-state index contributed by atoms with van der Waals surface area (Å²) in [4.78, 5) is 23.7. The topological polar surface area (TPSA) is 60.3 Å². The van der Waals surface area contributed by atoms with Crippen molar-refractivity contribution < 1.29 is 22.7 Å². The van der Waals surface area contributed by atoms with Crippen molar-refractivity contribution in [2.75, 3.05) is 13.2 Å². The standard InChI is InChI=1S/C18H21F3N2O3/c1-4-23-15-7-12(26-10-16(24)22-9-11(2)3)5-6-13(15)14(8-17(23)25)18(19,20)21/h5-8,11H,4,9-10H2,1-3H3,(H,22,24). The predicted octanol–water partition coefficient (Wildman–Crippen LogP) is 3.19. The van der Waals surface area contributed by atoms with Crippen LogP contribution in [0.4, 0.5) is 13.2 Å². The number of halogens is 3. The lowest BCUT2D eigenvalue weighted by molar-refractivity contribution is -0.136. The van der Waals surface area contributed by atoms with Crippen molar-refractivity contribution in [3.63, 3.8) is 0 Å². The van der Waals surface area contributed by atoms with E-state index < -0.39 is 17.3 Å². The molecule has 0 unspecified atom stereocenters. The van der Waals surface area contributed by atoms with Gasteiger partial charge in [-0.1, -0.05) is 13.8 Å². The van der Waals surface area contributed by atoms with Crippen LogP contribution in [0.15, 0.2) is 29.1 Å². The van der Waals surface area contributed by atoms with E-state index in [0.717, 1.165) is 0 Å². The number of aromatic nitrogens is 1. The van der Waals surface area contributed by atoms with Crippen LogP contribution in [0.2, 0.25) is 0 Å². The van der Waals surface area contributed by atoms with Gasteiger partial charge >= 0.3 is 6.18 Å². The molecular formula is C18H21F3N2O3. The molecule has 26 heavy (non-hydrogen) atoms. The number of carbonyl (C=O) groups excluding carboxylic acids is 1. The first-order valence-corrected chi connectivity index (χ1v) is 8.27. The maximum absolute atomic E-state index is 13.2. The van der Waals surface area contributed by atoms with Gasteiger partial charge in [-0.3, -0.25) is 9.59 Å². The van der Waals surface area contributed by atoms with E-state index >= 15 is 0 Å². The number of fused-ring (bicyclic) bond motifs is 1. The molecule has 0 radical (unpaired) electrons. The van der Waals surface area contributed by atoms with Crippen LogP contribution in [0, 0.1) is 5.92 Å². The zero-order chi connectivity index (χ0) is 19.5. The zero-order valence-corrected chi connectivity index (χ0v) is 14.8. The summed E-state index contributed by atoms with van der Waals surface area (Å²) in [5, 5.41) is 2.59. The molecule has 1 aromatic carbocycles. The van der Waals surface area contributed by atoms with E-state index in [1.165, 1.54) is 22.8 Å². The SMILES string of the molecule is CCn1c(=O)cc(C(F)(F)F)c2ccc(OCC(=O)NCC(C)C)cc21. The molecule has 142 valence electrons. The number of benzene rings is 1. The number of hydrogen-bond donors (Lipinski definition) is 1. The molecular weight excluding hydrogens is 349 g/mol. The number of aryl methyl sites for hydroxylation is 1. The Morgan fingerprint density at radius 2 is 1.96 bits per heavy atom. The van der Waals surface area contributed by atoms with Crippen LogP contribution in [-0.2, 0) is 17.5 Å². The number of nitrogens with zero attached hydrogens (tertiary/aromatic N) is 1. The molecule has 2 aromatic rings. The van der Waals surface area contributed by atoms with Gasteiger partial charge in [-0.05, 0) is 25.0 Å². The molecule has 0 aliphatic heterocycles. The number of alkyl halides is 3. The largest absolute Gasteiger partial charge is 0.484 e. The highest BCUT2D eigenvalue weighted by Crippen LogP contribution is 2.34. The molecule has 0 fully saturated rings. The van der Waals surface area contributed by atoms with Crippen LogP contribution in [0.5, 0.6) is 5.75 Å². The minimum absolute atomic E-state index is 0.0874. The summed E-state index contributed by atoms with van der Waals surface area (Å²) >= 11 is 0. The first-order chi connectivity index (χ1) is 12.1. The number of pyridine rings is 1. The lowest BCUT2D eigenvalue weighted by Crippen LogP contribution is -2.31. The molecule has 5 nitrogen and oxygen atoms in total. The summed E-state index contributed by atoms with van der Waals surface area (Å²) in [6.45, 7) is 6.03. The van der Waals surface area contributed by atoms with Crippen molar-refractivity contribution in [1.29, 1.82) is 0 Å². The van der Waals surface area contributed by atoms with Crippen molar-refractivity contribution >= 4 is 16.8 Å². The van der Waals surface area contributed by atoms with Crippen LogP contribution >= 0.6 is 0 Å². The first kappa shape index (κ1) is 19.8. The van der Waals surface area contributed by atoms with E-state index in [1.54, 1.807) is 6.92 Å². The molecule has 0 saturated heterocycles. The average Bonchev–Trinajstić information content (AvgIpc) is 2.56. The number of ether oxygens (including phenoxy) is 1. The van der Waals surface area contributed by atoms with Crippen molar-refractivity contribution in [2.45, 2.75) is 33.5 Å². The molecule has 0 bridgehead atoms. The lowest BCUT2D eigenvalue weighted by atomic mass is 10.1. The van der Waals surface area contributed by atoms with E-state index in [0.29, 0.717) is 18.5 Å². The minimum Gasteiger partial charge on any atom is -0.484 e. The van der Waals surface area contributed by atoms with Crippen LogP contribution in [0.25, 0.3) is 10.9 Å². The maximum Gasteiger partial charge on any atom is 0.417 e. The van der Waals surface area contributed by atoms with E-state index in [2.05, 4.69) is 5.32 Å². The highest BCUT2D eigenvalue weighted by Gasteiger charge is 2.33. The number of carbonyl (C=O) groups is 1. The molecule has 1 heterocycles. The average molecular weight is 370 g/mol. The smallest absolute Gasteiger partial charge is 0.417 e. The summed E-state index contributed by atoms with van der Waals surface area (Å²) in [7, 11) is 0. The Labute approximate surface area is 148 Å². The van der Waals surface area contributed by atoms with Crippen LogP contribution < -0.4 is 15.6 Å². The maximum atomic E-state index is 13.2. The number of nitrogens with one attached hydrogen (secondary N) is 1. The molecule has 1 N–H and O–H groups in total. The van der Waals surface area contributed by atoms with E-state index in [1.807, 2.05) is 13.8 Å². The van der Waals surface area contributed by atoms with Crippen molar-refractivity contribution in [3.05, 3.63) is 40.2 Å². The van der Waals surface area contributed by atoms with Gasteiger partial charge in [-0.2, -0.15) is 13.2 Å². The molecule has 0 aliphatic rings. The molecule has 0 spiro atoms. The quantitative estimate of drug-likeness (QED) is 0.850. The van der Waals surface area contributed by atoms with Gasteiger partial charge in [0, 0.05) is 30.6 Å². The third-order valence-corrected chi connectivity index (χ3v) is 3.78. The Kier molecular flexibility index (Phi) is 5.94. The van der Waals surface area contributed by atoms with Crippen molar-refractivity contribution in [1.82, 2.24) is 9.88 Å². The van der Waals surface area contributed by atoms with Gasteiger partial charge < -0.3 is 14.6 Å². The molecule has 1 aromatic heterocycles. The molecule has 0 saturated carbocycles. The fourth-order valence-corrected chi connectivity index (χ4v) is 2.53. The van der Waals surface area contributed by atoms with Gasteiger partial charge in [0.15, 0.2) is 6.61 Å². The fourth-order valence-electron chi connectivity index (χ4n) is 2.53. The fraction of sp³-hybridized carbons (Fsp3) is 0.444. The Morgan fingerprint density at radius 1 is 1.27 bits per heavy atom. The molecule has 2 rings (SSSR count). The van der Waals surface area contributed by atoms with Crippen LogP contribution in [0.1, 0.15) is 26.3 Å². The number of rotatable bonds is 6.